The summed E-state index contributed by atoms with van der Waals surface area (Å²) >= 11 is 4.17. The Balaban J connectivity index is 3.46. The molecule has 0 heterocycles. The van der Waals surface area contributed by atoms with E-state index in [0.29, 0.717) is 5.92 Å². The Morgan fingerprint density at radius 2 is 1.62 bits per heavy atom. The third-order valence-corrected chi connectivity index (χ3v) is 1.99. The average molecular weight is 134 g/mol. The zero-order chi connectivity index (χ0) is 6.73. The van der Waals surface area contributed by atoms with Gasteiger partial charge >= 0.3 is 0 Å². The summed E-state index contributed by atoms with van der Waals surface area (Å²) in [7, 11) is 0. The van der Waals surface area contributed by atoms with E-state index in [4.69, 9.17) is 5.11 Å². The van der Waals surface area contributed by atoms with Gasteiger partial charge in [-0.15, -0.1) is 0 Å². The minimum Gasteiger partial charge on any atom is -0.393 e. The number of hydrogen-bond donors (Lipinski definition) is 2. The van der Waals surface area contributed by atoms with Gasteiger partial charge in [-0.1, -0.05) is 13.8 Å². The summed E-state index contributed by atoms with van der Waals surface area (Å²) in [6.45, 7) is 5.76. The van der Waals surface area contributed by atoms with Gasteiger partial charge in [0.1, 0.15) is 0 Å². The maximum Gasteiger partial charge on any atom is 0.0548 e. The lowest BCUT2D eigenvalue weighted by Crippen LogP contribution is -2.20. The van der Waals surface area contributed by atoms with E-state index < -0.39 is 0 Å². The predicted molar refractivity (Wildman–Crippen MR) is 39.3 cm³/mol. The smallest absolute Gasteiger partial charge is 0.0548 e. The van der Waals surface area contributed by atoms with Gasteiger partial charge in [0.2, 0.25) is 0 Å². The third-order valence-electron chi connectivity index (χ3n) is 1.52. The normalized spacial score (nSPS) is 22.1. The quantitative estimate of drug-likeness (QED) is 0.546. The largest absolute Gasteiger partial charge is 0.393 e. The molecule has 0 spiro atoms. The van der Waals surface area contributed by atoms with Crippen molar-refractivity contribution in [2.24, 2.45) is 5.92 Å². The highest BCUT2D eigenvalue weighted by molar-refractivity contribution is 7.80. The highest BCUT2D eigenvalue weighted by Gasteiger charge is 2.12. The van der Waals surface area contributed by atoms with Crippen molar-refractivity contribution in [2.75, 3.05) is 0 Å². The Bertz CT molecular complexity index is 53.5. The summed E-state index contributed by atoms with van der Waals surface area (Å²) in [5.74, 6) is 0.290. The van der Waals surface area contributed by atoms with Crippen LogP contribution in [0.2, 0.25) is 0 Å². The first-order valence-corrected chi connectivity index (χ1v) is 3.43. The summed E-state index contributed by atoms with van der Waals surface area (Å²) in [5.41, 5.74) is 0. The van der Waals surface area contributed by atoms with E-state index in [-0.39, 0.29) is 11.4 Å². The van der Waals surface area contributed by atoms with Crippen LogP contribution in [0.5, 0.6) is 0 Å². The predicted octanol–water partition coefficient (Wildman–Crippen LogP) is 1.32. The Morgan fingerprint density at radius 3 is 1.62 bits per heavy atom. The molecule has 0 aromatic carbocycles. The second-order valence-electron chi connectivity index (χ2n) is 2.34. The molecule has 0 aromatic heterocycles. The molecule has 1 N–H and O–H groups in total. The van der Waals surface area contributed by atoms with E-state index in [1.807, 2.05) is 13.8 Å². The van der Waals surface area contributed by atoms with Gasteiger partial charge in [-0.3, -0.25) is 0 Å². The maximum atomic E-state index is 8.94. The maximum absolute atomic E-state index is 8.94. The van der Waals surface area contributed by atoms with Crippen molar-refractivity contribution < 1.29 is 5.11 Å². The Hall–Kier alpha value is 0.310. The number of aliphatic hydroxyl groups excluding tert-OH is 1. The summed E-state index contributed by atoms with van der Waals surface area (Å²) < 4.78 is 0. The van der Waals surface area contributed by atoms with Crippen LogP contribution in [0.15, 0.2) is 0 Å². The molecule has 0 aliphatic rings. The topological polar surface area (TPSA) is 20.2 Å². The molecule has 0 saturated heterocycles. The number of hydrogen-bond acceptors (Lipinski definition) is 2. The van der Waals surface area contributed by atoms with Crippen LogP contribution in [-0.4, -0.2) is 16.5 Å². The fourth-order valence-corrected chi connectivity index (χ4v) is 0.652. The molecular formula is C6H14OS. The first-order chi connectivity index (χ1) is 3.55. The highest BCUT2D eigenvalue weighted by Crippen LogP contribution is 2.12. The molecule has 3 atom stereocenters. The Morgan fingerprint density at radius 1 is 1.25 bits per heavy atom. The van der Waals surface area contributed by atoms with Gasteiger partial charge in [0.05, 0.1) is 6.10 Å². The van der Waals surface area contributed by atoms with Gasteiger partial charge in [0.25, 0.3) is 0 Å². The molecule has 0 aromatic rings. The van der Waals surface area contributed by atoms with E-state index in [2.05, 4.69) is 12.6 Å². The molecule has 0 bridgehead atoms. The summed E-state index contributed by atoms with van der Waals surface area (Å²) in [4.78, 5) is 0. The first-order valence-electron chi connectivity index (χ1n) is 2.92. The third kappa shape index (κ3) is 2.58. The Kier molecular flexibility index (Phi) is 3.49. The second kappa shape index (κ2) is 3.36. The van der Waals surface area contributed by atoms with Crippen molar-refractivity contribution in [3.05, 3.63) is 0 Å². The van der Waals surface area contributed by atoms with Crippen molar-refractivity contribution in [1.29, 1.82) is 0 Å². The highest BCUT2D eigenvalue weighted by atomic mass is 32.1. The fraction of sp³-hybridized carbons (Fsp3) is 1.00. The van der Waals surface area contributed by atoms with Crippen LogP contribution in [0.3, 0.4) is 0 Å². The molecule has 0 fully saturated rings. The molecule has 0 radical (unpaired) electrons. The van der Waals surface area contributed by atoms with Crippen molar-refractivity contribution in [1.82, 2.24) is 0 Å². The molecule has 8 heavy (non-hydrogen) atoms. The molecule has 0 amide bonds. The van der Waals surface area contributed by atoms with Crippen LogP contribution in [0.25, 0.3) is 0 Å². The van der Waals surface area contributed by atoms with Gasteiger partial charge in [-0.05, 0) is 12.8 Å². The van der Waals surface area contributed by atoms with Crippen molar-refractivity contribution in [3.63, 3.8) is 0 Å². The summed E-state index contributed by atoms with van der Waals surface area (Å²) in [5, 5.41) is 9.23. The molecule has 0 saturated carbocycles. The van der Waals surface area contributed by atoms with Crippen LogP contribution in [-0.2, 0) is 0 Å². The Labute approximate surface area is 56.5 Å². The first kappa shape index (κ1) is 8.31. The van der Waals surface area contributed by atoms with Gasteiger partial charge in [-0.25, -0.2) is 0 Å². The van der Waals surface area contributed by atoms with Crippen molar-refractivity contribution >= 4 is 12.6 Å². The molecule has 0 aliphatic heterocycles. The van der Waals surface area contributed by atoms with Crippen LogP contribution >= 0.6 is 12.6 Å². The summed E-state index contributed by atoms with van der Waals surface area (Å²) in [6, 6.07) is 0. The standard InChI is InChI=1S/C6H14OS/c1-4(5(2)7)6(3)8/h4-8H,1-3H3. The average Bonchev–Trinajstić information content (AvgIpc) is 1.64. The van der Waals surface area contributed by atoms with E-state index in [0.717, 1.165) is 0 Å². The minimum absolute atomic E-state index is 0.234. The molecule has 1 nitrogen and oxygen atoms in total. The van der Waals surface area contributed by atoms with E-state index in [1.54, 1.807) is 6.92 Å². The number of rotatable bonds is 2. The summed E-state index contributed by atoms with van der Waals surface area (Å²) in [6.07, 6.45) is -0.234. The SMILES string of the molecule is CC(O)C(C)C(C)S. The second-order valence-corrected chi connectivity index (χ2v) is 3.15. The van der Waals surface area contributed by atoms with Gasteiger partial charge in [-0.2, -0.15) is 12.6 Å². The van der Waals surface area contributed by atoms with Crippen LogP contribution in [0.4, 0.5) is 0 Å². The number of aliphatic hydroxyl groups is 1. The molecule has 0 rings (SSSR count). The molecule has 3 unspecified atom stereocenters. The van der Waals surface area contributed by atoms with Crippen LogP contribution < -0.4 is 0 Å². The van der Waals surface area contributed by atoms with Gasteiger partial charge < -0.3 is 5.11 Å². The van der Waals surface area contributed by atoms with Crippen LogP contribution in [0, 0.1) is 5.92 Å². The zero-order valence-corrected chi connectivity index (χ0v) is 6.52. The van der Waals surface area contributed by atoms with Gasteiger partial charge in [0.15, 0.2) is 0 Å². The van der Waals surface area contributed by atoms with E-state index >= 15 is 0 Å². The molecular weight excluding hydrogens is 120 g/mol. The monoisotopic (exact) mass is 134 g/mol. The lowest BCUT2D eigenvalue weighted by atomic mass is 10.0. The molecule has 50 valence electrons. The van der Waals surface area contributed by atoms with Crippen molar-refractivity contribution in [2.45, 2.75) is 32.1 Å². The van der Waals surface area contributed by atoms with E-state index in [1.165, 1.54) is 0 Å². The fourth-order valence-electron chi connectivity index (χ4n) is 0.403. The number of thiol groups is 1. The lowest BCUT2D eigenvalue weighted by molar-refractivity contribution is 0.136. The van der Waals surface area contributed by atoms with E-state index in [9.17, 15) is 0 Å². The van der Waals surface area contributed by atoms with Crippen LogP contribution in [0.1, 0.15) is 20.8 Å². The molecule has 2 heteroatoms. The van der Waals surface area contributed by atoms with Crippen molar-refractivity contribution in [3.8, 4) is 0 Å². The minimum atomic E-state index is -0.234. The zero-order valence-electron chi connectivity index (χ0n) is 5.63. The molecule has 0 aliphatic carbocycles. The lowest BCUT2D eigenvalue weighted by Gasteiger charge is -2.16. The van der Waals surface area contributed by atoms with Gasteiger partial charge in [0, 0.05) is 5.25 Å².